The summed E-state index contributed by atoms with van der Waals surface area (Å²) in [4.78, 5) is 4.01. The SMILES string of the molecule is CSc1ccc(CN2CCC(NS(=O)(=O)c3ccccc3)CC2)cc1. The Bertz CT molecular complexity index is 769. The van der Waals surface area contributed by atoms with E-state index in [2.05, 4.69) is 40.1 Å². The van der Waals surface area contributed by atoms with Gasteiger partial charge in [-0.25, -0.2) is 13.1 Å². The first kappa shape index (κ1) is 18.5. The molecule has 3 rings (SSSR count). The van der Waals surface area contributed by atoms with Gasteiger partial charge in [0, 0.05) is 30.6 Å². The van der Waals surface area contributed by atoms with Crippen LogP contribution in [0, 0.1) is 0 Å². The molecule has 1 aliphatic heterocycles. The highest BCUT2D eigenvalue weighted by atomic mass is 32.2. The number of likely N-dealkylation sites (tertiary alicyclic amines) is 1. The van der Waals surface area contributed by atoms with Crippen LogP contribution in [0.1, 0.15) is 18.4 Å². The van der Waals surface area contributed by atoms with Gasteiger partial charge in [-0.2, -0.15) is 0 Å². The monoisotopic (exact) mass is 376 g/mol. The Morgan fingerprint density at radius 3 is 2.28 bits per heavy atom. The Labute approximate surface area is 154 Å². The van der Waals surface area contributed by atoms with E-state index in [0.717, 1.165) is 32.5 Å². The number of piperidine rings is 1. The topological polar surface area (TPSA) is 49.4 Å². The molecule has 0 saturated carbocycles. The van der Waals surface area contributed by atoms with Crippen LogP contribution in [-0.2, 0) is 16.6 Å². The Hall–Kier alpha value is -1.34. The maximum absolute atomic E-state index is 12.4. The lowest BCUT2D eigenvalue weighted by Gasteiger charge is -2.32. The summed E-state index contributed by atoms with van der Waals surface area (Å²) in [5.41, 5.74) is 1.31. The molecule has 4 nitrogen and oxygen atoms in total. The van der Waals surface area contributed by atoms with Crippen LogP contribution in [0.5, 0.6) is 0 Å². The molecule has 0 aliphatic carbocycles. The number of rotatable bonds is 6. The third-order valence-electron chi connectivity index (χ3n) is 4.53. The minimum absolute atomic E-state index is 0.0142. The van der Waals surface area contributed by atoms with Gasteiger partial charge in [0.2, 0.25) is 10.0 Å². The van der Waals surface area contributed by atoms with E-state index in [4.69, 9.17) is 0 Å². The first-order valence-electron chi connectivity index (χ1n) is 8.49. The molecule has 0 unspecified atom stereocenters. The highest BCUT2D eigenvalue weighted by Crippen LogP contribution is 2.19. The highest BCUT2D eigenvalue weighted by molar-refractivity contribution is 7.98. The molecule has 2 aromatic rings. The van der Waals surface area contributed by atoms with Crippen LogP contribution in [0.15, 0.2) is 64.4 Å². The second-order valence-corrected chi connectivity index (χ2v) is 8.93. The Kier molecular flexibility index (Phi) is 6.17. The van der Waals surface area contributed by atoms with Crippen molar-refractivity contribution in [3.63, 3.8) is 0 Å². The number of thioether (sulfide) groups is 1. The number of nitrogens with zero attached hydrogens (tertiary/aromatic N) is 1. The van der Waals surface area contributed by atoms with Crippen molar-refractivity contribution in [2.45, 2.75) is 35.2 Å². The first-order chi connectivity index (χ1) is 12.1. The maximum atomic E-state index is 12.4. The molecule has 1 saturated heterocycles. The summed E-state index contributed by atoms with van der Waals surface area (Å²) in [5, 5.41) is 0. The van der Waals surface area contributed by atoms with Gasteiger partial charge in [-0.1, -0.05) is 30.3 Å². The molecule has 0 spiro atoms. The number of sulfonamides is 1. The smallest absolute Gasteiger partial charge is 0.240 e. The molecule has 25 heavy (non-hydrogen) atoms. The standard InChI is InChI=1S/C19H24N2O2S2/c1-24-18-9-7-16(8-10-18)15-21-13-11-17(12-14-21)20-25(22,23)19-5-3-2-4-6-19/h2-10,17,20H,11-15H2,1H3. The van der Waals surface area contributed by atoms with E-state index in [1.54, 1.807) is 36.0 Å². The summed E-state index contributed by atoms with van der Waals surface area (Å²) in [6.07, 6.45) is 3.76. The van der Waals surface area contributed by atoms with Gasteiger partial charge < -0.3 is 0 Å². The number of hydrogen-bond donors (Lipinski definition) is 1. The minimum Gasteiger partial charge on any atom is -0.299 e. The molecule has 1 fully saturated rings. The van der Waals surface area contributed by atoms with Crippen LogP contribution in [0.2, 0.25) is 0 Å². The Morgan fingerprint density at radius 1 is 1.04 bits per heavy atom. The Balaban J connectivity index is 1.51. The van der Waals surface area contributed by atoms with Gasteiger partial charge in [-0.3, -0.25) is 4.90 Å². The maximum Gasteiger partial charge on any atom is 0.240 e. The first-order valence-corrected chi connectivity index (χ1v) is 11.2. The third kappa shape index (κ3) is 5.07. The summed E-state index contributed by atoms with van der Waals surface area (Å²) < 4.78 is 27.7. The van der Waals surface area contributed by atoms with E-state index in [-0.39, 0.29) is 6.04 Å². The zero-order valence-corrected chi connectivity index (χ0v) is 16.0. The fourth-order valence-corrected chi connectivity index (χ4v) is 4.82. The molecule has 2 aromatic carbocycles. The predicted molar refractivity (Wildman–Crippen MR) is 103 cm³/mol. The van der Waals surface area contributed by atoms with Crippen LogP contribution in [0.25, 0.3) is 0 Å². The number of hydrogen-bond acceptors (Lipinski definition) is 4. The molecule has 6 heteroatoms. The second-order valence-electron chi connectivity index (χ2n) is 6.33. The zero-order chi connectivity index (χ0) is 17.7. The molecular weight excluding hydrogens is 352 g/mol. The summed E-state index contributed by atoms with van der Waals surface area (Å²) in [6, 6.07) is 17.3. The molecule has 0 amide bonds. The average molecular weight is 377 g/mol. The molecule has 134 valence electrons. The number of benzene rings is 2. The van der Waals surface area contributed by atoms with Gasteiger partial charge >= 0.3 is 0 Å². The van der Waals surface area contributed by atoms with Crippen LogP contribution in [-0.4, -0.2) is 38.7 Å². The lowest BCUT2D eigenvalue weighted by molar-refractivity contribution is 0.200. The highest BCUT2D eigenvalue weighted by Gasteiger charge is 2.24. The van der Waals surface area contributed by atoms with E-state index >= 15 is 0 Å². The van der Waals surface area contributed by atoms with Gasteiger partial charge in [-0.15, -0.1) is 11.8 Å². The lowest BCUT2D eigenvalue weighted by atomic mass is 10.1. The van der Waals surface area contributed by atoms with E-state index in [1.807, 2.05) is 6.07 Å². The molecule has 0 bridgehead atoms. The molecule has 1 heterocycles. The van der Waals surface area contributed by atoms with E-state index in [1.165, 1.54) is 10.5 Å². The van der Waals surface area contributed by atoms with Crippen molar-refractivity contribution in [3.8, 4) is 0 Å². The van der Waals surface area contributed by atoms with Crippen molar-refractivity contribution in [1.82, 2.24) is 9.62 Å². The second kappa shape index (κ2) is 8.36. The van der Waals surface area contributed by atoms with E-state index in [9.17, 15) is 8.42 Å². The molecule has 1 N–H and O–H groups in total. The van der Waals surface area contributed by atoms with Gasteiger partial charge in [0.1, 0.15) is 0 Å². The van der Waals surface area contributed by atoms with Crippen molar-refractivity contribution in [1.29, 1.82) is 0 Å². The zero-order valence-electron chi connectivity index (χ0n) is 14.4. The summed E-state index contributed by atoms with van der Waals surface area (Å²) in [7, 11) is -3.41. The van der Waals surface area contributed by atoms with Gasteiger partial charge in [0.05, 0.1) is 4.90 Å². The van der Waals surface area contributed by atoms with Gasteiger partial charge in [0.25, 0.3) is 0 Å². The minimum atomic E-state index is -3.41. The molecule has 1 aliphatic rings. The average Bonchev–Trinajstić information content (AvgIpc) is 2.64. The third-order valence-corrected chi connectivity index (χ3v) is 6.81. The molecule has 0 radical (unpaired) electrons. The van der Waals surface area contributed by atoms with Crippen molar-refractivity contribution in [2.75, 3.05) is 19.3 Å². The largest absolute Gasteiger partial charge is 0.299 e. The fourth-order valence-electron chi connectivity index (χ4n) is 3.09. The van der Waals surface area contributed by atoms with Crippen molar-refractivity contribution >= 4 is 21.8 Å². The van der Waals surface area contributed by atoms with E-state index in [0.29, 0.717) is 4.90 Å². The van der Waals surface area contributed by atoms with Crippen molar-refractivity contribution in [3.05, 3.63) is 60.2 Å². The lowest BCUT2D eigenvalue weighted by Crippen LogP contribution is -2.44. The molecule has 0 aromatic heterocycles. The fraction of sp³-hybridized carbons (Fsp3) is 0.368. The summed E-state index contributed by atoms with van der Waals surface area (Å²) in [5.74, 6) is 0. The summed E-state index contributed by atoms with van der Waals surface area (Å²) >= 11 is 1.75. The summed E-state index contributed by atoms with van der Waals surface area (Å²) in [6.45, 7) is 2.74. The van der Waals surface area contributed by atoms with Crippen LogP contribution in [0.4, 0.5) is 0 Å². The van der Waals surface area contributed by atoms with Crippen molar-refractivity contribution < 1.29 is 8.42 Å². The van der Waals surface area contributed by atoms with Crippen LogP contribution >= 0.6 is 11.8 Å². The number of nitrogens with one attached hydrogen (secondary N) is 1. The van der Waals surface area contributed by atoms with Crippen LogP contribution in [0.3, 0.4) is 0 Å². The van der Waals surface area contributed by atoms with Gasteiger partial charge in [-0.05, 0) is 48.9 Å². The predicted octanol–water partition coefficient (Wildman–Crippen LogP) is 3.35. The quantitative estimate of drug-likeness (QED) is 0.786. The Morgan fingerprint density at radius 2 is 1.68 bits per heavy atom. The van der Waals surface area contributed by atoms with Crippen molar-refractivity contribution in [2.24, 2.45) is 0 Å². The van der Waals surface area contributed by atoms with E-state index < -0.39 is 10.0 Å². The molecule has 0 atom stereocenters. The van der Waals surface area contributed by atoms with Crippen LogP contribution < -0.4 is 4.72 Å². The molecular formula is C19H24N2O2S2. The van der Waals surface area contributed by atoms with Gasteiger partial charge in [0.15, 0.2) is 0 Å². The normalized spacial score (nSPS) is 16.8.